The van der Waals surface area contributed by atoms with Gasteiger partial charge in [0.25, 0.3) is 0 Å². The van der Waals surface area contributed by atoms with E-state index in [4.69, 9.17) is 10.2 Å². The van der Waals surface area contributed by atoms with E-state index in [9.17, 15) is 13.2 Å². The van der Waals surface area contributed by atoms with Crippen molar-refractivity contribution in [3.8, 4) is 0 Å². The van der Waals surface area contributed by atoms with Crippen LogP contribution < -0.4 is 5.32 Å². The standard InChI is InChI=1S/C9H10BrF3N2O2/c10-5-1-7(9(11,12)13)8(14-2-5)15-6(3-16)4-17/h1-2,6,16-17H,3-4H2,(H,14,15). The first-order chi connectivity index (χ1) is 7.88. The van der Waals surface area contributed by atoms with Gasteiger partial charge in [-0.25, -0.2) is 4.98 Å². The van der Waals surface area contributed by atoms with Gasteiger partial charge in [-0.15, -0.1) is 0 Å². The lowest BCUT2D eigenvalue weighted by molar-refractivity contribution is -0.137. The van der Waals surface area contributed by atoms with E-state index < -0.39 is 36.8 Å². The lowest BCUT2D eigenvalue weighted by Crippen LogP contribution is -2.29. The fourth-order valence-electron chi connectivity index (χ4n) is 1.11. The average molecular weight is 315 g/mol. The maximum atomic E-state index is 12.7. The highest BCUT2D eigenvalue weighted by Crippen LogP contribution is 2.35. The van der Waals surface area contributed by atoms with E-state index >= 15 is 0 Å². The molecule has 1 aromatic rings. The summed E-state index contributed by atoms with van der Waals surface area (Å²) in [6.07, 6.45) is -3.36. The number of rotatable bonds is 4. The highest BCUT2D eigenvalue weighted by Gasteiger charge is 2.35. The Bertz CT molecular complexity index is 383. The van der Waals surface area contributed by atoms with Crippen LogP contribution in [0.3, 0.4) is 0 Å². The largest absolute Gasteiger partial charge is 0.419 e. The Labute approximate surface area is 104 Å². The molecule has 4 nitrogen and oxygen atoms in total. The molecule has 0 aliphatic carbocycles. The zero-order valence-electron chi connectivity index (χ0n) is 8.50. The molecule has 8 heteroatoms. The number of aromatic nitrogens is 1. The molecule has 0 aliphatic heterocycles. The van der Waals surface area contributed by atoms with E-state index in [-0.39, 0.29) is 4.47 Å². The predicted octanol–water partition coefficient (Wildman–Crippen LogP) is 1.63. The molecule has 0 radical (unpaired) electrons. The normalized spacial score (nSPS) is 11.9. The molecule has 96 valence electrons. The van der Waals surface area contributed by atoms with Crippen molar-refractivity contribution in [2.45, 2.75) is 12.2 Å². The third-order valence-corrected chi connectivity index (χ3v) is 2.38. The summed E-state index contributed by atoms with van der Waals surface area (Å²) in [5, 5.41) is 19.9. The minimum atomic E-state index is -4.56. The van der Waals surface area contributed by atoms with Crippen molar-refractivity contribution in [3.63, 3.8) is 0 Å². The van der Waals surface area contributed by atoms with Crippen molar-refractivity contribution in [1.29, 1.82) is 0 Å². The second-order valence-corrected chi connectivity index (χ2v) is 4.17. The second-order valence-electron chi connectivity index (χ2n) is 3.25. The fourth-order valence-corrected chi connectivity index (χ4v) is 1.44. The molecule has 0 aromatic carbocycles. The number of halogens is 4. The molecule has 0 fully saturated rings. The van der Waals surface area contributed by atoms with Crippen LogP contribution in [-0.4, -0.2) is 34.5 Å². The molecule has 1 rings (SSSR count). The minimum Gasteiger partial charge on any atom is -0.394 e. The molecule has 0 unspecified atom stereocenters. The van der Waals surface area contributed by atoms with Crippen molar-refractivity contribution in [2.75, 3.05) is 18.5 Å². The number of hydrogen-bond acceptors (Lipinski definition) is 4. The first-order valence-electron chi connectivity index (χ1n) is 4.59. The van der Waals surface area contributed by atoms with Crippen molar-refractivity contribution in [2.24, 2.45) is 0 Å². The Kier molecular flexibility index (Phi) is 4.72. The Balaban J connectivity index is 3.06. The minimum absolute atomic E-state index is 0.194. The molecule has 0 spiro atoms. The van der Waals surface area contributed by atoms with E-state index in [1.54, 1.807) is 0 Å². The molecule has 0 saturated carbocycles. The summed E-state index contributed by atoms with van der Waals surface area (Å²) in [6.45, 7) is -0.989. The Morgan fingerprint density at radius 3 is 2.41 bits per heavy atom. The summed E-state index contributed by atoms with van der Waals surface area (Å²) < 4.78 is 38.2. The van der Waals surface area contributed by atoms with Gasteiger partial charge in [0.15, 0.2) is 0 Å². The number of aliphatic hydroxyl groups is 2. The molecule has 0 saturated heterocycles. The van der Waals surface area contributed by atoms with Gasteiger partial charge in [0, 0.05) is 10.7 Å². The fraction of sp³-hybridized carbons (Fsp3) is 0.444. The van der Waals surface area contributed by atoms with E-state index in [2.05, 4.69) is 26.2 Å². The quantitative estimate of drug-likeness (QED) is 0.790. The highest BCUT2D eigenvalue weighted by molar-refractivity contribution is 9.10. The molecule has 17 heavy (non-hydrogen) atoms. The number of hydrogen-bond donors (Lipinski definition) is 3. The van der Waals surface area contributed by atoms with Gasteiger partial charge in [0.1, 0.15) is 5.82 Å². The Hall–Kier alpha value is -0.860. The molecule has 1 aromatic heterocycles. The summed E-state index contributed by atoms with van der Waals surface area (Å²) in [6, 6.07) is -0.00833. The molecule has 0 bridgehead atoms. The van der Waals surface area contributed by atoms with Crippen molar-refractivity contribution < 1.29 is 23.4 Å². The molecule has 0 aliphatic rings. The van der Waals surface area contributed by atoms with Crippen LogP contribution in [0.15, 0.2) is 16.7 Å². The maximum Gasteiger partial charge on any atom is 0.419 e. The van der Waals surface area contributed by atoms with Gasteiger partial charge in [-0.2, -0.15) is 13.2 Å². The smallest absolute Gasteiger partial charge is 0.394 e. The van der Waals surface area contributed by atoms with E-state index in [1.807, 2.05) is 0 Å². The number of aliphatic hydroxyl groups excluding tert-OH is 2. The monoisotopic (exact) mass is 314 g/mol. The number of nitrogens with zero attached hydrogens (tertiary/aromatic N) is 1. The van der Waals surface area contributed by atoms with Crippen LogP contribution in [0.2, 0.25) is 0 Å². The molecular formula is C9H10BrF3N2O2. The summed E-state index contributed by atoms with van der Waals surface area (Å²) >= 11 is 2.90. The van der Waals surface area contributed by atoms with Gasteiger partial charge >= 0.3 is 6.18 Å². The summed E-state index contributed by atoms with van der Waals surface area (Å²) in [4.78, 5) is 3.58. The Morgan fingerprint density at radius 1 is 1.35 bits per heavy atom. The van der Waals surface area contributed by atoms with Crippen molar-refractivity contribution in [3.05, 3.63) is 22.3 Å². The van der Waals surface area contributed by atoms with Crippen molar-refractivity contribution >= 4 is 21.7 Å². The van der Waals surface area contributed by atoms with Gasteiger partial charge in [-0.1, -0.05) is 0 Å². The van der Waals surface area contributed by atoms with Crippen LogP contribution in [0.5, 0.6) is 0 Å². The summed E-state index contributed by atoms with van der Waals surface area (Å²) in [5.74, 6) is -0.422. The number of anilines is 1. The third-order valence-electron chi connectivity index (χ3n) is 1.94. The lowest BCUT2D eigenvalue weighted by atomic mass is 10.2. The summed E-state index contributed by atoms with van der Waals surface area (Å²) in [7, 11) is 0. The van der Waals surface area contributed by atoms with Crippen LogP contribution in [0, 0.1) is 0 Å². The molecule has 1 heterocycles. The average Bonchev–Trinajstić information content (AvgIpc) is 2.26. The van der Waals surface area contributed by atoms with Crippen LogP contribution in [0.25, 0.3) is 0 Å². The number of nitrogens with one attached hydrogen (secondary N) is 1. The Morgan fingerprint density at radius 2 is 1.94 bits per heavy atom. The van der Waals surface area contributed by atoms with Gasteiger partial charge in [-0.05, 0) is 22.0 Å². The first kappa shape index (κ1) is 14.2. The van der Waals surface area contributed by atoms with Crippen LogP contribution in [0.1, 0.15) is 5.56 Å². The van der Waals surface area contributed by atoms with E-state index in [1.165, 1.54) is 6.20 Å². The van der Waals surface area contributed by atoms with E-state index in [0.717, 1.165) is 6.07 Å². The molecule has 3 N–H and O–H groups in total. The third kappa shape index (κ3) is 3.83. The predicted molar refractivity (Wildman–Crippen MR) is 58.5 cm³/mol. The highest BCUT2D eigenvalue weighted by atomic mass is 79.9. The first-order valence-corrected chi connectivity index (χ1v) is 5.38. The SMILES string of the molecule is OCC(CO)Nc1ncc(Br)cc1C(F)(F)F. The van der Waals surface area contributed by atoms with Crippen LogP contribution in [-0.2, 0) is 6.18 Å². The summed E-state index contributed by atoms with van der Waals surface area (Å²) in [5.41, 5.74) is -0.959. The number of pyridine rings is 1. The van der Waals surface area contributed by atoms with Gasteiger partial charge in [0.05, 0.1) is 24.8 Å². The van der Waals surface area contributed by atoms with Crippen molar-refractivity contribution in [1.82, 2.24) is 4.98 Å². The lowest BCUT2D eigenvalue weighted by Gasteiger charge is -2.18. The maximum absolute atomic E-state index is 12.7. The number of alkyl halides is 3. The molecular weight excluding hydrogens is 305 g/mol. The molecule has 0 amide bonds. The zero-order chi connectivity index (χ0) is 13.1. The van der Waals surface area contributed by atoms with E-state index in [0.29, 0.717) is 0 Å². The second kappa shape index (κ2) is 5.65. The van der Waals surface area contributed by atoms with Gasteiger partial charge in [0.2, 0.25) is 0 Å². The van der Waals surface area contributed by atoms with Crippen LogP contribution >= 0.6 is 15.9 Å². The molecule has 0 atom stereocenters. The van der Waals surface area contributed by atoms with Crippen LogP contribution in [0.4, 0.5) is 19.0 Å². The topological polar surface area (TPSA) is 65.4 Å². The van der Waals surface area contributed by atoms with Gasteiger partial charge < -0.3 is 15.5 Å². The zero-order valence-corrected chi connectivity index (χ0v) is 10.1. The van der Waals surface area contributed by atoms with Gasteiger partial charge in [-0.3, -0.25) is 0 Å².